The van der Waals surface area contributed by atoms with Gasteiger partial charge in [-0.25, -0.2) is 13.1 Å². The van der Waals surface area contributed by atoms with Crippen molar-refractivity contribution in [3.63, 3.8) is 0 Å². The van der Waals surface area contributed by atoms with E-state index in [1.165, 1.54) is 0 Å². The van der Waals surface area contributed by atoms with Crippen LogP contribution in [0.1, 0.15) is 32.1 Å². The first-order chi connectivity index (χ1) is 7.03. The molecule has 0 radical (unpaired) electrons. The molecule has 1 aliphatic carbocycles. The maximum atomic E-state index is 11.5. The fourth-order valence-corrected chi connectivity index (χ4v) is 3.13. The summed E-state index contributed by atoms with van der Waals surface area (Å²) in [5.74, 6) is 0.138. The van der Waals surface area contributed by atoms with Gasteiger partial charge in [0.25, 0.3) is 0 Å². The number of hydrogen-bond donors (Lipinski definition) is 2. The third kappa shape index (κ3) is 5.84. The highest BCUT2D eigenvalue weighted by Crippen LogP contribution is 2.17. The lowest BCUT2D eigenvalue weighted by molar-refractivity contribution is 0.373. The summed E-state index contributed by atoms with van der Waals surface area (Å²) in [6, 6.07) is 0.332. The lowest BCUT2D eigenvalue weighted by atomic mass is 9.93. The van der Waals surface area contributed by atoms with E-state index >= 15 is 0 Å². The number of halogens is 1. The molecule has 0 bridgehead atoms. The van der Waals surface area contributed by atoms with E-state index in [1.54, 1.807) is 6.08 Å². The molecule has 0 unspecified atom stereocenters. The number of allylic oxidation sites excluding steroid dienone is 1. The van der Waals surface area contributed by atoms with Gasteiger partial charge in [-0.05, 0) is 32.1 Å². The Hall–Kier alpha value is -0.100. The number of sulfonamides is 1. The Labute approximate surface area is 104 Å². The van der Waals surface area contributed by atoms with E-state index in [4.69, 9.17) is 5.73 Å². The SMILES string of the molecule is C=CCCS(=O)(=O)NC1CCC(N)CC1.Cl. The van der Waals surface area contributed by atoms with E-state index in [0.29, 0.717) is 6.42 Å². The highest BCUT2D eigenvalue weighted by Gasteiger charge is 2.22. The molecule has 0 atom stereocenters. The van der Waals surface area contributed by atoms with Crippen molar-refractivity contribution in [2.75, 3.05) is 5.75 Å². The molecule has 4 nitrogen and oxygen atoms in total. The van der Waals surface area contributed by atoms with Gasteiger partial charge < -0.3 is 5.73 Å². The van der Waals surface area contributed by atoms with Gasteiger partial charge in [-0.2, -0.15) is 0 Å². The minimum absolute atomic E-state index is 0. The zero-order valence-electron chi connectivity index (χ0n) is 9.39. The molecule has 1 aliphatic rings. The second-order valence-electron chi connectivity index (χ2n) is 4.13. The summed E-state index contributed by atoms with van der Waals surface area (Å²) in [6.45, 7) is 3.51. The Kier molecular flexibility index (Phi) is 7.22. The van der Waals surface area contributed by atoms with Gasteiger partial charge in [0, 0.05) is 12.1 Å². The second kappa shape index (κ2) is 7.27. The van der Waals surface area contributed by atoms with Crippen molar-refractivity contribution in [1.29, 1.82) is 0 Å². The number of hydrogen-bond acceptors (Lipinski definition) is 3. The smallest absolute Gasteiger partial charge is 0.212 e. The van der Waals surface area contributed by atoms with Crippen LogP contribution >= 0.6 is 12.4 Å². The molecule has 0 aromatic rings. The third-order valence-electron chi connectivity index (χ3n) is 2.71. The fraction of sp³-hybridized carbons (Fsp3) is 0.800. The minimum atomic E-state index is -3.12. The average molecular weight is 269 g/mol. The molecule has 0 heterocycles. The van der Waals surface area contributed by atoms with Crippen LogP contribution in [0.5, 0.6) is 0 Å². The van der Waals surface area contributed by atoms with Gasteiger partial charge in [0.1, 0.15) is 0 Å². The maximum Gasteiger partial charge on any atom is 0.212 e. The molecular formula is C10H21ClN2O2S. The van der Waals surface area contributed by atoms with Crippen molar-refractivity contribution in [3.8, 4) is 0 Å². The molecule has 1 fully saturated rings. The molecule has 0 saturated heterocycles. The lowest BCUT2D eigenvalue weighted by Gasteiger charge is -2.26. The summed E-state index contributed by atoms with van der Waals surface area (Å²) >= 11 is 0. The van der Waals surface area contributed by atoms with Crippen LogP contribution in [0.25, 0.3) is 0 Å². The molecule has 0 aliphatic heterocycles. The Morgan fingerprint density at radius 2 is 1.88 bits per heavy atom. The zero-order valence-corrected chi connectivity index (χ0v) is 11.0. The normalized spacial score (nSPS) is 25.8. The van der Waals surface area contributed by atoms with Gasteiger partial charge in [-0.15, -0.1) is 19.0 Å². The Morgan fingerprint density at radius 1 is 1.31 bits per heavy atom. The van der Waals surface area contributed by atoms with Crippen molar-refractivity contribution in [1.82, 2.24) is 4.72 Å². The van der Waals surface area contributed by atoms with Crippen molar-refractivity contribution < 1.29 is 8.42 Å². The predicted molar refractivity (Wildman–Crippen MR) is 69.2 cm³/mol. The van der Waals surface area contributed by atoms with Gasteiger partial charge in [0.05, 0.1) is 5.75 Å². The largest absolute Gasteiger partial charge is 0.328 e. The summed E-state index contributed by atoms with van der Waals surface area (Å²) < 4.78 is 25.8. The van der Waals surface area contributed by atoms with Crippen molar-refractivity contribution in [2.24, 2.45) is 5.73 Å². The highest BCUT2D eigenvalue weighted by atomic mass is 35.5. The van der Waals surface area contributed by atoms with Crippen LogP contribution in [0, 0.1) is 0 Å². The Bertz CT molecular complexity index is 298. The van der Waals surface area contributed by atoms with Gasteiger partial charge >= 0.3 is 0 Å². The minimum Gasteiger partial charge on any atom is -0.328 e. The first-order valence-electron chi connectivity index (χ1n) is 5.40. The van der Waals surface area contributed by atoms with E-state index in [2.05, 4.69) is 11.3 Å². The molecule has 0 amide bonds. The topological polar surface area (TPSA) is 72.2 Å². The number of rotatable bonds is 5. The molecule has 96 valence electrons. The maximum absolute atomic E-state index is 11.5. The molecule has 0 aromatic heterocycles. The number of nitrogens with one attached hydrogen (secondary N) is 1. The fourth-order valence-electron chi connectivity index (χ4n) is 1.79. The van der Waals surface area contributed by atoms with Crippen LogP contribution in [-0.2, 0) is 10.0 Å². The zero-order chi connectivity index (χ0) is 11.3. The molecule has 0 aromatic carbocycles. The average Bonchev–Trinajstić information content (AvgIpc) is 2.18. The monoisotopic (exact) mass is 268 g/mol. The summed E-state index contributed by atoms with van der Waals surface area (Å²) in [7, 11) is -3.12. The van der Waals surface area contributed by atoms with Crippen molar-refractivity contribution in [2.45, 2.75) is 44.2 Å². The Balaban J connectivity index is 0.00000225. The molecular weight excluding hydrogens is 248 g/mol. The lowest BCUT2D eigenvalue weighted by Crippen LogP contribution is -2.41. The quantitative estimate of drug-likeness (QED) is 0.736. The first-order valence-corrected chi connectivity index (χ1v) is 7.05. The summed E-state index contributed by atoms with van der Waals surface area (Å²) in [5, 5.41) is 0. The van der Waals surface area contributed by atoms with Crippen LogP contribution in [-0.4, -0.2) is 26.3 Å². The summed E-state index contributed by atoms with van der Waals surface area (Å²) in [4.78, 5) is 0. The van der Waals surface area contributed by atoms with E-state index in [9.17, 15) is 8.42 Å². The van der Waals surface area contributed by atoms with Gasteiger partial charge in [-0.3, -0.25) is 0 Å². The Morgan fingerprint density at radius 3 is 2.38 bits per heavy atom. The van der Waals surface area contributed by atoms with Gasteiger partial charge in [-0.1, -0.05) is 6.08 Å². The third-order valence-corrected chi connectivity index (χ3v) is 4.17. The molecule has 6 heteroatoms. The van der Waals surface area contributed by atoms with E-state index in [1.807, 2.05) is 0 Å². The molecule has 16 heavy (non-hydrogen) atoms. The van der Waals surface area contributed by atoms with Crippen LogP contribution < -0.4 is 10.5 Å². The molecule has 1 rings (SSSR count). The second-order valence-corrected chi connectivity index (χ2v) is 6.00. The van der Waals surface area contributed by atoms with Crippen LogP contribution in [0.3, 0.4) is 0 Å². The van der Waals surface area contributed by atoms with Crippen LogP contribution in [0.4, 0.5) is 0 Å². The van der Waals surface area contributed by atoms with Gasteiger partial charge in [0.2, 0.25) is 10.0 Å². The molecule has 0 spiro atoms. The van der Waals surface area contributed by atoms with E-state index < -0.39 is 10.0 Å². The van der Waals surface area contributed by atoms with Gasteiger partial charge in [0.15, 0.2) is 0 Å². The van der Waals surface area contributed by atoms with Crippen molar-refractivity contribution in [3.05, 3.63) is 12.7 Å². The van der Waals surface area contributed by atoms with E-state index in [-0.39, 0.29) is 30.2 Å². The standard InChI is InChI=1S/C10H20N2O2S.ClH/c1-2-3-8-15(13,14)12-10-6-4-9(11)5-7-10;/h2,9-10,12H,1,3-8,11H2;1H. The summed E-state index contributed by atoms with van der Waals surface area (Å²) in [6.07, 6.45) is 5.66. The van der Waals surface area contributed by atoms with Crippen LogP contribution in [0.15, 0.2) is 12.7 Å². The molecule has 1 saturated carbocycles. The summed E-state index contributed by atoms with van der Waals surface area (Å²) in [5.41, 5.74) is 5.75. The first kappa shape index (κ1) is 15.9. The van der Waals surface area contributed by atoms with Crippen molar-refractivity contribution >= 4 is 22.4 Å². The van der Waals surface area contributed by atoms with Crippen LogP contribution in [0.2, 0.25) is 0 Å². The number of nitrogens with two attached hydrogens (primary N) is 1. The highest BCUT2D eigenvalue weighted by molar-refractivity contribution is 7.89. The van der Waals surface area contributed by atoms with E-state index in [0.717, 1.165) is 25.7 Å². The molecule has 3 N–H and O–H groups in total. The predicted octanol–water partition coefficient (Wildman–Crippen LogP) is 1.17.